The number of halogens is 1. The van der Waals surface area contributed by atoms with Crippen LogP contribution in [0.1, 0.15) is 31.5 Å². The Morgan fingerprint density at radius 3 is 2.62 bits per heavy atom. The molecular weight excluding hydrogens is 222 g/mol. The minimum Gasteiger partial charge on any atom is -0.364 e. The average Bonchev–Trinajstić information content (AvgIpc) is 2.82. The summed E-state index contributed by atoms with van der Waals surface area (Å²) in [5.41, 5.74) is 1.33. The van der Waals surface area contributed by atoms with Crippen molar-refractivity contribution in [1.29, 1.82) is 0 Å². The van der Waals surface area contributed by atoms with Crippen LogP contribution >= 0.6 is 12.4 Å². The summed E-state index contributed by atoms with van der Waals surface area (Å²) in [7, 11) is 2.06. The molecule has 1 aromatic rings. The molecule has 1 saturated heterocycles. The molecule has 0 aliphatic carbocycles. The second-order valence-electron chi connectivity index (χ2n) is 4.40. The number of hydrogen-bond acceptors (Lipinski definition) is 2. The monoisotopic (exact) mass is 243 g/mol. The van der Waals surface area contributed by atoms with Crippen LogP contribution in [0.4, 0.5) is 0 Å². The van der Waals surface area contributed by atoms with Crippen LogP contribution < -0.4 is 5.32 Å². The molecule has 0 saturated carbocycles. The highest BCUT2D eigenvalue weighted by Gasteiger charge is 2.22. The van der Waals surface area contributed by atoms with Gasteiger partial charge >= 0.3 is 0 Å². The molecule has 2 rings (SSSR count). The molecule has 1 aromatic heterocycles. The van der Waals surface area contributed by atoms with Crippen LogP contribution in [0.3, 0.4) is 0 Å². The third-order valence-electron chi connectivity index (χ3n) is 3.56. The lowest BCUT2D eigenvalue weighted by Gasteiger charge is -2.35. The molecule has 3 nitrogen and oxygen atoms in total. The molecule has 16 heavy (non-hydrogen) atoms. The number of aromatic amines is 1. The van der Waals surface area contributed by atoms with Crippen molar-refractivity contribution in [2.24, 2.45) is 0 Å². The summed E-state index contributed by atoms with van der Waals surface area (Å²) in [4.78, 5) is 5.86. The quantitative estimate of drug-likeness (QED) is 0.853. The molecule has 1 aliphatic heterocycles. The maximum atomic E-state index is 3.36. The predicted octanol–water partition coefficient (Wildman–Crippen LogP) is 2.18. The standard InChI is InChI=1S/C12H21N3.ClH/c1-10(12-4-3-7-14-12)15-8-5-11(13-2)6-9-15;/h3-4,7,10-11,13-14H,5-6,8-9H2,1-2H3;1H. The van der Waals surface area contributed by atoms with Crippen LogP contribution in [0.2, 0.25) is 0 Å². The van der Waals surface area contributed by atoms with E-state index in [4.69, 9.17) is 0 Å². The Labute approximate surface area is 104 Å². The van der Waals surface area contributed by atoms with Gasteiger partial charge in [-0.25, -0.2) is 0 Å². The number of piperidine rings is 1. The molecule has 1 unspecified atom stereocenters. The number of aromatic nitrogens is 1. The summed E-state index contributed by atoms with van der Waals surface area (Å²) < 4.78 is 0. The Balaban J connectivity index is 0.00000128. The van der Waals surface area contributed by atoms with E-state index in [-0.39, 0.29) is 12.4 Å². The summed E-state index contributed by atoms with van der Waals surface area (Å²) in [5, 5.41) is 3.36. The fraction of sp³-hybridized carbons (Fsp3) is 0.667. The summed E-state index contributed by atoms with van der Waals surface area (Å²) in [6.07, 6.45) is 4.54. The molecule has 0 radical (unpaired) electrons. The van der Waals surface area contributed by atoms with Crippen LogP contribution in [-0.2, 0) is 0 Å². The third kappa shape index (κ3) is 3.00. The number of nitrogens with one attached hydrogen (secondary N) is 2. The Kier molecular flexibility index (Phi) is 5.32. The molecule has 0 amide bonds. The molecule has 0 aromatic carbocycles. The zero-order valence-electron chi connectivity index (χ0n) is 10.1. The second-order valence-corrected chi connectivity index (χ2v) is 4.40. The van der Waals surface area contributed by atoms with E-state index in [1.165, 1.54) is 31.6 Å². The van der Waals surface area contributed by atoms with Gasteiger partial charge in [-0.3, -0.25) is 4.90 Å². The smallest absolute Gasteiger partial charge is 0.0470 e. The van der Waals surface area contributed by atoms with Crippen LogP contribution in [0.5, 0.6) is 0 Å². The van der Waals surface area contributed by atoms with Gasteiger partial charge in [0, 0.05) is 37.1 Å². The van der Waals surface area contributed by atoms with Gasteiger partial charge in [-0.2, -0.15) is 0 Å². The first-order valence-electron chi connectivity index (χ1n) is 5.86. The predicted molar refractivity (Wildman–Crippen MR) is 70.1 cm³/mol. The van der Waals surface area contributed by atoms with E-state index in [1.807, 2.05) is 6.20 Å². The summed E-state index contributed by atoms with van der Waals surface area (Å²) in [6, 6.07) is 5.50. The Morgan fingerprint density at radius 2 is 2.12 bits per heavy atom. The van der Waals surface area contributed by atoms with Crippen LogP contribution in [-0.4, -0.2) is 36.1 Å². The summed E-state index contributed by atoms with van der Waals surface area (Å²) in [5.74, 6) is 0. The molecule has 0 spiro atoms. The molecule has 2 heterocycles. The molecule has 1 fully saturated rings. The number of hydrogen-bond donors (Lipinski definition) is 2. The van der Waals surface area contributed by atoms with Crippen molar-refractivity contribution in [2.75, 3.05) is 20.1 Å². The minimum atomic E-state index is 0. The van der Waals surface area contributed by atoms with E-state index >= 15 is 0 Å². The number of H-pyrrole nitrogens is 1. The Morgan fingerprint density at radius 1 is 1.44 bits per heavy atom. The molecule has 1 aliphatic rings. The van der Waals surface area contributed by atoms with Crippen LogP contribution in [0.15, 0.2) is 18.3 Å². The van der Waals surface area contributed by atoms with Gasteiger partial charge in [0.25, 0.3) is 0 Å². The zero-order valence-corrected chi connectivity index (χ0v) is 10.9. The van der Waals surface area contributed by atoms with Crippen molar-refractivity contribution >= 4 is 12.4 Å². The van der Waals surface area contributed by atoms with Crippen LogP contribution in [0, 0.1) is 0 Å². The van der Waals surface area contributed by atoms with Crippen molar-refractivity contribution in [3.63, 3.8) is 0 Å². The lowest BCUT2D eigenvalue weighted by atomic mass is 10.0. The van der Waals surface area contributed by atoms with Crippen molar-refractivity contribution < 1.29 is 0 Å². The van der Waals surface area contributed by atoms with Crippen LogP contribution in [0.25, 0.3) is 0 Å². The SMILES string of the molecule is CNC1CCN(C(C)c2ccc[nH]2)CC1.Cl. The molecule has 4 heteroatoms. The molecule has 0 bridgehead atoms. The molecule has 2 N–H and O–H groups in total. The first-order valence-corrected chi connectivity index (χ1v) is 5.86. The molecular formula is C12H22ClN3. The Bertz CT molecular complexity index is 278. The van der Waals surface area contributed by atoms with E-state index in [0.29, 0.717) is 6.04 Å². The van der Waals surface area contributed by atoms with E-state index in [0.717, 1.165) is 6.04 Å². The van der Waals surface area contributed by atoms with Gasteiger partial charge in [0.1, 0.15) is 0 Å². The highest BCUT2D eigenvalue weighted by atomic mass is 35.5. The lowest BCUT2D eigenvalue weighted by molar-refractivity contribution is 0.153. The van der Waals surface area contributed by atoms with Gasteiger partial charge in [0.2, 0.25) is 0 Å². The van der Waals surface area contributed by atoms with E-state index in [9.17, 15) is 0 Å². The fourth-order valence-electron chi connectivity index (χ4n) is 2.38. The fourth-order valence-corrected chi connectivity index (χ4v) is 2.38. The van der Waals surface area contributed by atoms with Crippen molar-refractivity contribution in [2.45, 2.75) is 31.8 Å². The van der Waals surface area contributed by atoms with Crippen molar-refractivity contribution in [3.8, 4) is 0 Å². The Hall–Kier alpha value is -0.510. The van der Waals surface area contributed by atoms with Gasteiger partial charge in [-0.15, -0.1) is 12.4 Å². The first kappa shape index (κ1) is 13.6. The normalized spacial score (nSPS) is 20.4. The summed E-state index contributed by atoms with van der Waals surface area (Å²) in [6.45, 7) is 4.68. The first-order chi connectivity index (χ1) is 7.31. The average molecular weight is 244 g/mol. The maximum absolute atomic E-state index is 3.36. The second kappa shape index (κ2) is 6.28. The van der Waals surface area contributed by atoms with Crippen molar-refractivity contribution in [3.05, 3.63) is 24.0 Å². The maximum Gasteiger partial charge on any atom is 0.0470 e. The number of rotatable bonds is 3. The minimum absolute atomic E-state index is 0. The van der Waals surface area contributed by atoms with Crippen molar-refractivity contribution in [1.82, 2.24) is 15.2 Å². The highest BCUT2D eigenvalue weighted by molar-refractivity contribution is 5.85. The zero-order chi connectivity index (χ0) is 10.7. The highest BCUT2D eigenvalue weighted by Crippen LogP contribution is 2.22. The largest absolute Gasteiger partial charge is 0.364 e. The van der Waals surface area contributed by atoms with Gasteiger partial charge in [-0.1, -0.05) is 0 Å². The molecule has 1 atom stereocenters. The summed E-state index contributed by atoms with van der Waals surface area (Å²) >= 11 is 0. The van der Waals surface area contributed by atoms with Gasteiger partial charge in [-0.05, 0) is 38.9 Å². The number of nitrogens with zero attached hydrogens (tertiary/aromatic N) is 1. The topological polar surface area (TPSA) is 31.1 Å². The molecule has 92 valence electrons. The lowest BCUT2D eigenvalue weighted by Crippen LogP contribution is -2.42. The van der Waals surface area contributed by atoms with E-state index in [1.54, 1.807) is 0 Å². The third-order valence-corrected chi connectivity index (χ3v) is 3.56. The van der Waals surface area contributed by atoms with E-state index in [2.05, 4.69) is 41.3 Å². The van der Waals surface area contributed by atoms with Gasteiger partial charge < -0.3 is 10.3 Å². The van der Waals surface area contributed by atoms with Gasteiger partial charge in [0.15, 0.2) is 0 Å². The number of likely N-dealkylation sites (tertiary alicyclic amines) is 1. The van der Waals surface area contributed by atoms with Gasteiger partial charge in [0.05, 0.1) is 0 Å². The van der Waals surface area contributed by atoms with E-state index < -0.39 is 0 Å².